The number of aliphatic hydroxyl groups is 1. The van der Waals surface area contributed by atoms with Gasteiger partial charge in [-0.25, -0.2) is 9.97 Å². The van der Waals surface area contributed by atoms with Crippen molar-refractivity contribution in [3.8, 4) is 5.69 Å². The maximum absolute atomic E-state index is 12.9. The minimum Gasteiger partial charge on any atom is -0.395 e. The third-order valence-corrected chi connectivity index (χ3v) is 4.67. The molecule has 1 amide bonds. The zero-order valence-corrected chi connectivity index (χ0v) is 17.0. The Labute approximate surface area is 170 Å². The van der Waals surface area contributed by atoms with Crippen molar-refractivity contribution in [1.29, 1.82) is 0 Å². The summed E-state index contributed by atoms with van der Waals surface area (Å²) in [5.74, 6) is -0.423. The van der Waals surface area contributed by atoms with E-state index in [2.05, 4.69) is 31.2 Å². The molecule has 3 aromatic heterocycles. The Morgan fingerprint density at radius 1 is 1.32 bits per heavy atom. The van der Waals surface area contributed by atoms with E-state index in [9.17, 15) is 14.7 Å². The third kappa shape index (κ3) is 4.20. The molecule has 0 saturated carbocycles. The molecule has 1 atom stereocenters. The molecule has 0 fully saturated rings. The number of nitrogens with zero attached hydrogens (tertiary/aromatic N) is 4. The zero-order valence-electron chi connectivity index (χ0n) is 15.5. The topological polar surface area (TPSA) is 102 Å². The highest BCUT2D eigenvalue weighted by Gasteiger charge is 2.18. The van der Waals surface area contributed by atoms with Crippen LogP contribution in [0.15, 0.2) is 52.3 Å². The summed E-state index contributed by atoms with van der Waals surface area (Å²) in [4.78, 5) is 34.2. The summed E-state index contributed by atoms with van der Waals surface area (Å²) in [6, 6.07) is 8.22. The van der Waals surface area contributed by atoms with Gasteiger partial charge in [0, 0.05) is 12.7 Å². The van der Waals surface area contributed by atoms with Crippen LogP contribution in [0.4, 0.5) is 0 Å². The molecule has 0 radical (unpaired) electrons. The Morgan fingerprint density at radius 2 is 2.11 bits per heavy atom. The van der Waals surface area contributed by atoms with Crippen LogP contribution in [-0.2, 0) is 6.54 Å². The first-order valence-corrected chi connectivity index (χ1v) is 9.49. The summed E-state index contributed by atoms with van der Waals surface area (Å²) >= 11 is 3.31. The molecular formula is C19H20BrN5O3. The molecule has 0 aromatic carbocycles. The number of halogens is 1. The smallest absolute Gasteiger partial charge is 0.275 e. The molecule has 0 aliphatic carbocycles. The fourth-order valence-electron chi connectivity index (χ4n) is 2.85. The zero-order chi connectivity index (χ0) is 20.3. The second kappa shape index (κ2) is 8.49. The van der Waals surface area contributed by atoms with Crippen LogP contribution in [0.1, 0.15) is 34.8 Å². The van der Waals surface area contributed by atoms with Crippen molar-refractivity contribution in [2.45, 2.75) is 26.4 Å². The fourth-order valence-corrected chi connectivity index (χ4v) is 3.20. The molecular weight excluding hydrogens is 426 g/mol. The molecule has 0 spiro atoms. The summed E-state index contributed by atoms with van der Waals surface area (Å²) < 4.78 is 3.53. The van der Waals surface area contributed by atoms with E-state index in [0.29, 0.717) is 16.0 Å². The van der Waals surface area contributed by atoms with Crippen LogP contribution in [0.5, 0.6) is 0 Å². The van der Waals surface area contributed by atoms with Crippen molar-refractivity contribution in [3.63, 3.8) is 0 Å². The van der Waals surface area contributed by atoms with Crippen molar-refractivity contribution in [2.24, 2.45) is 0 Å². The highest BCUT2D eigenvalue weighted by atomic mass is 79.9. The molecule has 3 aromatic rings. The number of carbonyl (C=O) groups is 1. The second-order valence-corrected chi connectivity index (χ2v) is 7.10. The van der Waals surface area contributed by atoms with Crippen LogP contribution >= 0.6 is 15.9 Å². The first kappa shape index (κ1) is 20.0. The number of hydrogen-bond acceptors (Lipinski definition) is 5. The van der Waals surface area contributed by atoms with Gasteiger partial charge in [-0.05, 0) is 54.0 Å². The average molecular weight is 446 g/mol. The molecule has 1 unspecified atom stereocenters. The molecule has 2 N–H and O–H groups in total. The Bertz CT molecular complexity index is 1060. The number of aryl methyl sites for hydroxylation is 1. The van der Waals surface area contributed by atoms with E-state index < -0.39 is 5.91 Å². The quantitative estimate of drug-likeness (QED) is 0.564. The summed E-state index contributed by atoms with van der Waals surface area (Å²) in [7, 11) is 0. The second-order valence-electron chi connectivity index (χ2n) is 6.29. The summed E-state index contributed by atoms with van der Waals surface area (Å²) in [5, 5.41) is 12.2. The molecule has 0 bridgehead atoms. The number of aliphatic hydroxyl groups excluding tert-OH is 1. The molecule has 8 nitrogen and oxygen atoms in total. The van der Waals surface area contributed by atoms with Crippen molar-refractivity contribution < 1.29 is 9.90 Å². The number of nitrogens with one attached hydrogen (secondary N) is 1. The van der Waals surface area contributed by atoms with E-state index >= 15 is 0 Å². The van der Waals surface area contributed by atoms with Gasteiger partial charge in [-0.2, -0.15) is 0 Å². The molecule has 28 heavy (non-hydrogen) atoms. The van der Waals surface area contributed by atoms with Gasteiger partial charge in [0.25, 0.3) is 11.5 Å². The van der Waals surface area contributed by atoms with Crippen LogP contribution in [0, 0.1) is 6.92 Å². The number of carbonyl (C=O) groups excluding carboxylic acids is 1. The molecule has 9 heteroatoms. The Kier molecular flexibility index (Phi) is 6.05. The van der Waals surface area contributed by atoms with Gasteiger partial charge in [0.2, 0.25) is 0 Å². The number of amides is 1. The maximum Gasteiger partial charge on any atom is 0.275 e. The Hall–Kier alpha value is -2.78. The molecule has 0 aliphatic rings. The Balaban J connectivity index is 1.93. The van der Waals surface area contributed by atoms with E-state index in [0.717, 1.165) is 5.69 Å². The van der Waals surface area contributed by atoms with Crippen LogP contribution < -0.4 is 10.9 Å². The number of hydrogen-bond donors (Lipinski definition) is 2. The fraction of sp³-hybridized carbons (Fsp3) is 0.263. The summed E-state index contributed by atoms with van der Waals surface area (Å²) in [5.41, 5.74) is 1.59. The Morgan fingerprint density at radius 3 is 2.75 bits per heavy atom. The lowest BCUT2D eigenvalue weighted by Crippen LogP contribution is -2.35. The van der Waals surface area contributed by atoms with Crippen LogP contribution in [-0.4, -0.2) is 36.7 Å². The van der Waals surface area contributed by atoms with Crippen molar-refractivity contribution in [1.82, 2.24) is 24.4 Å². The average Bonchev–Trinajstić information content (AvgIpc) is 3.09. The van der Waals surface area contributed by atoms with Gasteiger partial charge in [0.1, 0.15) is 16.0 Å². The maximum atomic E-state index is 12.9. The highest BCUT2D eigenvalue weighted by molar-refractivity contribution is 9.10. The van der Waals surface area contributed by atoms with E-state index in [1.807, 2.05) is 19.9 Å². The lowest BCUT2D eigenvalue weighted by Gasteiger charge is -2.17. The van der Waals surface area contributed by atoms with Gasteiger partial charge in [0.05, 0.1) is 30.4 Å². The third-order valence-electron chi connectivity index (χ3n) is 4.23. The first-order chi connectivity index (χ1) is 13.4. The van der Waals surface area contributed by atoms with E-state index in [4.69, 9.17) is 0 Å². The predicted octanol–water partition coefficient (Wildman–Crippen LogP) is 1.98. The monoisotopic (exact) mass is 445 g/mol. The number of aromatic nitrogens is 4. The highest BCUT2D eigenvalue weighted by Crippen LogP contribution is 2.14. The van der Waals surface area contributed by atoms with Gasteiger partial charge in [-0.15, -0.1) is 0 Å². The van der Waals surface area contributed by atoms with Gasteiger partial charge in [0.15, 0.2) is 0 Å². The minimum atomic E-state index is -0.423. The molecule has 146 valence electrons. The normalized spacial score (nSPS) is 12.0. The van der Waals surface area contributed by atoms with Crippen molar-refractivity contribution in [2.75, 3.05) is 6.61 Å². The minimum absolute atomic E-state index is 0.00657. The van der Waals surface area contributed by atoms with Crippen LogP contribution in [0.2, 0.25) is 0 Å². The van der Waals surface area contributed by atoms with Crippen molar-refractivity contribution in [3.05, 3.63) is 74.9 Å². The first-order valence-electron chi connectivity index (χ1n) is 8.69. The lowest BCUT2D eigenvalue weighted by molar-refractivity contribution is 0.0927. The van der Waals surface area contributed by atoms with E-state index in [1.165, 1.54) is 10.9 Å². The lowest BCUT2D eigenvalue weighted by atomic mass is 10.2. The van der Waals surface area contributed by atoms with Gasteiger partial charge >= 0.3 is 0 Å². The van der Waals surface area contributed by atoms with E-state index in [-0.39, 0.29) is 30.4 Å². The van der Waals surface area contributed by atoms with Gasteiger partial charge < -0.3 is 15.0 Å². The van der Waals surface area contributed by atoms with E-state index in [1.54, 1.807) is 35.0 Å². The SMILES string of the molecule is Cc1cn(-c2ccc(C(=O)NC(C)c3cccc(Br)n3)n(CCO)c2=O)cn1. The predicted molar refractivity (Wildman–Crippen MR) is 107 cm³/mol. The summed E-state index contributed by atoms with van der Waals surface area (Å²) in [6.45, 7) is 3.37. The summed E-state index contributed by atoms with van der Waals surface area (Å²) in [6.07, 6.45) is 3.26. The van der Waals surface area contributed by atoms with Crippen molar-refractivity contribution >= 4 is 21.8 Å². The van der Waals surface area contributed by atoms with Crippen LogP contribution in [0.3, 0.4) is 0 Å². The number of pyridine rings is 2. The van der Waals surface area contributed by atoms with Crippen LogP contribution in [0.25, 0.3) is 5.69 Å². The molecule has 3 rings (SSSR count). The largest absolute Gasteiger partial charge is 0.395 e. The number of rotatable bonds is 6. The number of imidazole rings is 1. The standard InChI is InChI=1S/C19H20BrN5O3/c1-12-10-24(11-21-12)16-7-6-15(25(8-9-26)19(16)28)18(27)22-13(2)14-4-3-5-17(20)23-14/h3-7,10-11,13,26H,8-9H2,1-2H3,(H,22,27). The van der Waals surface area contributed by atoms with Gasteiger partial charge in [-0.3, -0.25) is 14.2 Å². The molecule has 3 heterocycles. The molecule has 0 saturated heterocycles. The molecule has 0 aliphatic heterocycles. The van der Waals surface area contributed by atoms with Gasteiger partial charge in [-0.1, -0.05) is 6.07 Å².